The molecule has 2 aromatic carbocycles. The summed E-state index contributed by atoms with van der Waals surface area (Å²) in [6, 6.07) is 15.5. The van der Waals surface area contributed by atoms with E-state index in [9.17, 15) is 9.59 Å². The smallest absolute Gasteiger partial charge is 0.262 e. The number of aryl methyl sites for hydroxylation is 1. The average Bonchev–Trinajstić information content (AvgIpc) is 2.70. The molecule has 0 aliphatic heterocycles. The van der Waals surface area contributed by atoms with Gasteiger partial charge in [0.15, 0.2) is 5.16 Å². The zero-order valence-corrected chi connectivity index (χ0v) is 18.1. The molecule has 0 aliphatic rings. The Bertz CT molecular complexity index is 1060. The number of para-hydroxylation sites is 1. The third-order valence-corrected chi connectivity index (χ3v) is 5.99. The van der Waals surface area contributed by atoms with Gasteiger partial charge in [-0.15, -0.1) is 0 Å². The van der Waals surface area contributed by atoms with Crippen molar-refractivity contribution < 1.29 is 4.79 Å². The van der Waals surface area contributed by atoms with E-state index >= 15 is 0 Å². The van der Waals surface area contributed by atoms with Gasteiger partial charge in [0, 0.05) is 6.04 Å². The molecule has 0 spiro atoms. The van der Waals surface area contributed by atoms with Crippen LogP contribution >= 0.6 is 11.8 Å². The van der Waals surface area contributed by atoms with Crippen molar-refractivity contribution in [3.8, 4) is 0 Å². The summed E-state index contributed by atoms with van der Waals surface area (Å²) < 4.78 is 1.66. The molecule has 0 radical (unpaired) electrons. The number of carbonyl (C=O) groups excluding carboxylic acids is 1. The Balaban J connectivity index is 1.90. The van der Waals surface area contributed by atoms with Gasteiger partial charge in [0.05, 0.1) is 23.2 Å². The molecule has 3 rings (SSSR count). The van der Waals surface area contributed by atoms with Gasteiger partial charge in [-0.1, -0.05) is 67.6 Å². The van der Waals surface area contributed by atoms with E-state index in [0.29, 0.717) is 28.5 Å². The second-order valence-corrected chi connectivity index (χ2v) is 8.62. The Hall–Kier alpha value is -2.60. The molecule has 5 nitrogen and oxygen atoms in total. The number of amides is 1. The topological polar surface area (TPSA) is 64.0 Å². The molecule has 1 amide bonds. The fraction of sp³-hybridized carbons (Fsp3) is 0.348. The number of hydrogen-bond donors (Lipinski definition) is 1. The molecule has 3 aromatic rings. The Kier molecular flexibility index (Phi) is 6.75. The maximum Gasteiger partial charge on any atom is 0.262 e. The number of rotatable bonds is 7. The van der Waals surface area contributed by atoms with Gasteiger partial charge in [0.2, 0.25) is 5.91 Å². The van der Waals surface area contributed by atoms with Crippen molar-refractivity contribution >= 4 is 28.6 Å². The normalized spacial score (nSPS) is 12.3. The van der Waals surface area contributed by atoms with Crippen LogP contribution in [0.1, 0.15) is 31.9 Å². The summed E-state index contributed by atoms with van der Waals surface area (Å²) in [4.78, 5) is 30.2. The molecule has 1 N–H and O–H groups in total. The van der Waals surface area contributed by atoms with Gasteiger partial charge in [0.25, 0.3) is 5.56 Å². The maximum atomic E-state index is 13.1. The van der Waals surface area contributed by atoms with E-state index in [4.69, 9.17) is 0 Å². The van der Waals surface area contributed by atoms with Crippen molar-refractivity contribution in [3.63, 3.8) is 0 Å². The number of hydrogen-bond acceptors (Lipinski definition) is 4. The minimum atomic E-state index is -0.0883. The molecule has 1 heterocycles. The number of aromatic nitrogens is 2. The zero-order chi connectivity index (χ0) is 21.0. The van der Waals surface area contributed by atoms with E-state index in [1.807, 2.05) is 56.3 Å². The van der Waals surface area contributed by atoms with Gasteiger partial charge in [0.1, 0.15) is 0 Å². The van der Waals surface area contributed by atoms with Gasteiger partial charge in [-0.2, -0.15) is 0 Å². The van der Waals surface area contributed by atoms with Crippen molar-refractivity contribution in [1.82, 2.24) is 14.9 Å². The summed E-state index contributed by atoms with van der Waals surface area (Å²) in [6.45, 7) is 8.59. The van der Waals surface area contributed by atoms with E-state index in [2.05, 4.69) is 24.1 Å². The molecule has 0 unspecified atom stereocenters. The predicted octanol–water partition coefficient (Wildman–Crippen LogP) is 4.01. The monoisotopic (exact) mass is 409 g/mol. The van der Waals surface area contributed by atoms with Crippen LogP contribution in [0.5, 0.6) is 0 Å². The van der Waals surface area contributed by atoms with Crippen LogP contribution in [-0.2, 0) is 11.3 Å². The molecule has 1 aromatic heterocycles. The lowest BCUT2D eigenvalue weighted by atomic mass is 10.1. The van der Waals surface area contributed by atoms with Crippen LogP contribution in [0.2, 0.25) is 0 Å². The quantitative estimate of drug-likeness (QED) is 0.473. The second kappa shape index (κ2) is 9.27. The Morgan fingerprint density at radius 3 is 2.48 bits per heavy atom. The van der Waals surface area contributed by atoms with Crippen LogP contribution in [-0.4, -0.2) is 27.3 Å². The minimum Gasteiger partial charge on any atom is -0.353 e. The maximum absolute atomic E-state index is 13.1. The summed E-state index contributed by atoms with van der Waals surface area (Å²) in [6.07, 6.45) is 0. The van der Waals surface area contributed by atoms with Gasteiger partial charge < -0.3 is 5.32 Å². The molecule has 0 fully saturated rings. The van der Waals surface area contributed by atoms with Gasteiger partial charge >= 0.3 is 0 Å². The number of fused-ring (bicyclic) bond motifs is 1. The Labute approximate surface area is 175 Å². The second-order valence-electron chi connectivity index (χ2n) is 7.68. The van der Waals surface area contributed by atoms with E-state index in [1.165, 1.54) is 17.3 Å². The molecule has 0 saturated heterocycles. The van der Waals surface area contributed by atoms with Crippen LogP contribution in [0.15, 0.2) is 58.5 Å². The van der Waals surface area contributed by atoms with Crippen molar-refractivity contribution in [1.29, 1.82) is 0 Å². The number of nitrogens with one attached hydrogen (secondary N) is 1. The lowest BCUT2D eigenvalue weighted by Crippen LogP contribution is -2.37. The van der Waals surface area contributed by atoms with Crippen molar-refractivity contribution in [3.05, 3.63) is 70.0 Å². The first-order chi connectivity index (χ1) is 13.8. The van der Waals surface area contributed by atoms with Crippen LogP contribution in [0.4, 0.5) is 0 Å². The summed E-state index contributed by atoms with van der Waals surface area (Å²) in [5, 5.41) is 4.14. The number of benzene rings is 2. The van der Waals surface area contributed by atoms with Gasteiger partial charge in [-0.3, -0.25) is 14.2 Å². The highest BCUT2D eigenvalue weighted by atomic mass is 32.2. The third-order valence-electron chi connectivity index (χ3n) is 5.01. The fourth-order valence-corrected chi connectivity index (χ4v) is 3.68. The third kappa shape index (κ3) is 5.26. The van der Waals surface area contributed by atoms with Gasteiger partial charge in [-0.25, -0.2) is 4.98 Å². The summed E-state index contributed by atoms with van der Waals surface area (Å²) >= 11 is 1.30. The highest BCUT2D eigenvalue weighted by Crippen LogP contribution is 2.19. The lowest BCUT2D eigenvalue weighted by molar-refractivity contribution is -0.119. The van der Waals surface area contributed by atoms with E-state index in [-0.39, 0.29) is 23.3 Å². The average molecular weight is 410 g/mol. The molecule has 152 valence electrons. The largest absolute Gasteiger partial charge is 0.353 e. The zero-order valence-electron chi connectivity index (χ0n) is 17.3. The fourth-order valence-electron chi connectivity index (χ4n) is 2.87. The SMILES string of the molecule is Cc1ccc(Cn2c(SCC(=O)N[C@H](C)C(C)C)nc3ccccc3c2=O)cc1. The molecule has 1 atom stereocenters. The number of thioether (sulfide) groups is 1. The van der Waals surface area contributed by atoms with Crippen LogP contribution in [0.25, 0.3) is 10.9 Å². The molecule has 6 heteroatoms. The molecular formula is C23H27N3O2S. The first kappa shape index (κ1) is 21.1. The lowest BCUT2D eigenvalue weighted by Gasteiger charge is -2.18. The molecular weight excluding hydrogens is 382 g/mol. The molecule has 29 heavy (non-hydrogen) atoms. The Morgan fingerprint density at radius 1 is 1.10 bits per heavy atom. The molecule has 0 bridgehead atoms. The number of nitrogens with zero attached hydrogens (tertiary/aromatic N) is 2. The highest BCUT2D eigenvalue weighted by molar-refractivity contribution is 7.99. The van der Waals surface area contributed by atoms with Gasteiger partial charge in [-0.05, 0) is 37.5 Å². The molecule has 0 aliphatic carbocycles. The van der Waals surface area contributed by atoms with Crippen molar-refractivity contribution in [2.24, 2.45) is 5.92 Å². The molecule has 0 saturated carbocycles. The first-order valence-electron chi connectivity index (χ1n) is 9.82. The number of carbonyl (C=O) groups is 1. The Morgan fingerprint density at radius 2 is 1.79 bits per heavy atom. The van der Waals surface area contributed by atoms with Crippen LogP contribution in [0.3, 0.4) is 0 Å². The summed E-state index contributed by atoms with van der Waals surface area (Å²) in [5.74, 6) is 0.526. The van der Waals surface area contributed by atoms with Crippen molar-refractivity contribution in [2.45, 2.75) is 45.4 Å². The minimum absolute atomic E-state index is 0.0551. The summed E-state index contributed by atoms with van der Waals surface area (Å²) in [5.41, 5.74) is 2.75. The summed E-state index contributed by atoms with van der Waals surface area (Å²) in [7, 11) is 0. The first-order valence-corrected chi connectivity index (χ1v) is 10.8. The van der Waals surface area contributed by atoms with E-state index in [1.54, 1.807) is 10.6 Å². The van der Waals surface area contributed by atoms with E-state index in [0.717, 1.165) is 5.56 Å². The highest BCUT2D eigenvalue weighted by Gasteiger charge is 2.15. The van der Waals surface area contributed by atoms with Crippen molar-refractivity contribution in [2.75, 3.05) is 5.75 Å². The van der Waals surface area contributed by atoms with Crippen LogP contribution in [0, 0.1) is 12.8 Å². The predicted molar refractivity (Wildman–Crippen MR) is 119 cm³/mol. The van der Waals surface area contributed by atoms with Crippen LogP contribution < -0.4 is 10.9 Å². The van der Waals surface area contributed by atoms with E-state index < -0.39 is 0 Å². The standard InChI is InChI=1S/C23H27N3O2S/c1-15(2)17(4)24-21(27)14-29-23-25-20-8-6-5-7-19(20)22(28)26(23)13-18-11-9-16(3)10-12-18/h5-12,15,17H,13-14H2,1-4H3,(H,24,27)/t17-/m1/s1.